The maximum Gasteiger partial charge on any atom is 0.121 e. The van der Waals surface area contributed by atoms with Gasteiger partial charge in [-0.05, 0) is 69.4 Å². The minimum Gasteiger partial charge on any atom is -0.507 e. The fraction of sp³-hybridized carbons (Fsp3) is 0.667. The molecular formula is C18H30N2O. The summed E-state index contributed by atoms with van der Waals surface area (Å²) in [5.41, 5.74) is 3.22. The molecule has 0 unspecified atom stereocenters. The first-order chi connectivity index (χ1) is 10.1. The topological polar surface area (TPSA) is 35.5 Å². The van der Waals surface area contributed by atoms with Gasteiger partial charge in [0.1, 0.15) is 5.75 Å². The highest BCUT2D eigenvalue weighted by Crippen LogP contribution is 2.23. The summed E-state index contributed by atoms with van der Waals surface area (Å²) in [5.74, 6) is 0.433. The number of phenolic OH excluding ortho intramolecular Hbond substituents is 1. The predicted octanol–water partition coefficient (Wildman–Crippen LogP) is 3.36. The van der Waals surface area contributed by atoms with Crippen LogP contribution in [0.4, 0.5) is 0 Å². The van der Waals surface area contributed by atoms with Crippen LogP contribution in [0.3, 0.4) is 0 Å². The van der Waals surface area contributed by atoms with E-state index in [-0.39, 0.29) is 0 Å². The molecule has 1 aromatic rings. The SMILES string of the molecule is CCCCN1CCC(NCc2cc(C)c(O)c(C)c2)CC1. The molecular weight excluding hydrogens is 260 g/mol. The fourth-order valence-corrected chi connectivity index (χ4v) is 3.15. The third-order valence-corrected chi connectivity index (χ3v) is 4.56. The molecule has 0 bridgehead atoms. The number of benzene rings is 1. The van der Waals surface area contributed by atoms with Crippen LogP contribution < -0.4 is 5.32 Å². The lowest BCUT2D eigenvalue weighted by Crippen LogP contribution is -2.42. The number of nitrogens with one attached hydrogen (secondary N) is 1. The van der Waals surface area contributed by atoms with Crippen molar-refractivity contribution < 1.29 is 5.11 Å². The molecule has 1 aliphatic rings. The van der Waals surface area contributed by atoms with Crippen molar-refractivity contribution in [3.8, 4) is 5.75 Å². The highest BCUT2D eigenvalue weighted by Gasteiger charge is 2.18. The second-order valence-electron chi connectivity index (χ2n) is 6.43. The Morgan fingerprint density at radius 3 is 2.38 bits per heavy atom. The van der Waals surface area contributed by atoms with Crippen molar-refractivity contribution in [2.75, 3.05) is 19.6 Å². The highest BCUT2D eigenvalue weighted by atomic mass is 16.3. The molecule has 1 fully saturated rings. The zero-order valence-corrected chi connectivity index (χ0v) is 13.8. The summed E-state index contributed by atoms with van der Waals surface area (Å²) in [6.07, 6.45) is 5.11. The lowest BCUT2D eigenvalue weighted by Gasteiger charge is -2.32. The Labute approximate surface area is 129 Å². The zero-order chi connectivity index (χ0) is 15.2. The van der Waals surface area contributed by atoms with Gasteiger partial charge >= 0.3 is 0 Å². The number of likely N-dealkylation sites (tertiary alicyclic amines) is 1. The molecule has 1 saturated heterocycles. The minimum absolute atomic E-state index is 0.433. The average Bonchev–Trinajstić information content (AvgIpc) is 2.49. The van der Waals surface area contributed by atoms with Crippen LogP contribution in [-0.2, 0) is 6.54 Å². The smallest absolute Gasteiger partial charge is 0.121 e. The fourth-order valence-electron chi connectivity index (χ4n) is 3.15. The van der Waals surface area contributed by atoms with Crippen LogP contribution in [0.15, 0.2) is 12.1 Å². The van der Waals surface area contributed by atoms with E-state index in [2.05, 4.69) is 29.3 Å². The molecule has 0 saturated carbocycles. The number of hydrogen-bond acceptors (Lipinski definition) is 3. The second-order valence-corrected chi connectivity index (χ2v) is 6.43. The van der Waals surface area contributed by atoms with Crippen molar-refractivity contribution in [3.63, 3.8) is 0 Å². The van der Waals surface area contributed by atoms with Gasteiger partial charge in [0.15, 0.2) is 0 Å². The van der Waals surface area contributed by atoms with E-state index in [9.17, 15) is 5.11 Å². The van der Waals surface area contributed by atoms with Gasteiger partial charge < -0.3 is 15.3 Å². The molecule has 2 rings (SSSR count). The molecule has 0 aromatic heterocycles. The Morgan fingerprint density at radius 2 is 1.81 bits per heavy atom. The Bertz CT molecular complexity index is 428. The maximum absolute atomic E-state index is 9.82. The number of rotatable bonds is 6. The van der Waals surface area contributed by atoms with Crippen LogP contribution in [0.2, 0.25) is 0 Å². The molecule has 3 heteroatoms. The first kappa shape index (κ1) is 16.3. The molecule has 0 aliphatic carbocycles. The van der Waals surface area contributed by atoms with E-state index in [4.69, 9.17) is 0 Å². The monoisotopic (exact) mass is 290 g/mol. The van der Waals surface area contributed by atoms with Crippen LogP contribution in [0.1, 0.15) is 49.3 Å². The van der Waals surface area contributed by atoms with E-state index in [1.807, 2.05) is 13.8 Å². The van der Waals surface area contributed by atoms with Crippen molar-refractivity contribution >= 4 is 0 Å². The van der Waals surface area contributed by atoms with Gasteiger partial charge in [-0.25, -0.2) is 0 Å². The largest absolute Gasteiger partial charge is 0.507 e. The average molecular weight is 290 g/mol. The summed E-state index contributed by atoms with van der Waals surface area (Å²) in [6, 6.07) is 4.81. The molecule has 0 radical (unpaired) electrons. The van der Waals surface area contributed by atoms with Gasteiger partial charge in [0.2, 0.25) is 0 Å². The van der Waals surface area contributed by atoms with Gasteiger partial charge in [-0.3, -0.25) is 0 Å². The second kappa shape index (κ2) is 7.81. The van der Waals surface area contributed by atoms with Crippen molar-refractivity contribution in [2.24, 2.45) is 0 Å². The summed E-state index contributed by atoms with van der Waals surface area (Å²) in [7, 11) is 0. The third-order valence-electron chi connectivity index (χ3n) is 4.56. The molecule has 3 nitrogen and oxygen atoms in total. The molecule has 118 valence electrons. The first-order valence-electron chi connectivity index (χ1n) is 8.35. The summed E-state index contributed by atoms with van der Waals surface area (Å²) < 4.78 is 0. The van der Waals surface area contributed by atoms with E-state index in [1.54, 1.807) is 0 Å². The van der Waals surface area contributed by atoms with E-state index in [1.165, 1.54) is 50.9 Å². The van der Waals surface area contributed by atoms with Crippen molar-refractivity contribution in [1.29, 1.82) is 0 Å². The molecule has 2 N–H and O–H groups in total. The Kier molecular flexibility index (Phi) is 6.07. The van der Waals surface area contributed by atoms with Gasteiger partial charge in [-0.1, -0.05) is 25.5 Å². The van der Waals surface area contributed by atoms with Crippen molar-refractivity contribution in [3.05, 3.63) is 28.8 Å². The molecule has 21 heavy (non-hydrogen) atoms. The summed E-state index contributed by atoms with van der Waals surface area (Å²) in [4.78, 5) is 2.59. The molecule has 1 aliphatic heterocycles. The molecule has 0 amide bonds. The Balaban J connectivity index is 1.77. The van der Waals surface area contributed by atoms with Crippen LogP contribution in [0.25, 0.3) is 0 Å². The molecule has 0 atom stereocenters. The number of phenols is 1. The van der Waals surface area contributed by atoms with Crippen LogP contribution in [0.5, 0.6) is 5.75 Å². The molecule has 1 heterocycles. The van der Waals surface area contributed by atoms with E-state index in [0.717, 1.165) is 17.7 Å². The van der Waals surface area contributed by atoms with Gasteiger partial charge in [0.05, 0.1) is 0 Å². The third kappa shape index (κ3) is 4.72. The number of aryl methyl sites for hydroxylation is 2. The van der Waals surface area contributed by atoms with E-state index < -0.39 is 0 Å². The number of aromatic hydroxyl groups is 1. The number of nitrogens with zero attached hydrogens (tertiary/aromatic N) is 1. The van der Waals surface area contributed by atoms with Crippen LogP contribution in [-0.4, -0.2) is 35.7 Å². The number of hydrogen-bond donors (Lipinski definition) is 2. The molecule has 0 spiro atoms. The minimum atomic E-state index is 0.433. The summed E-state index contributed by atoms with van der Waals surface area (Å²) in [6.45, 7) is 10.8. The zero-order valence-electron chi connectivity index (χ0n) is 13.8. The first-order valence-corrected chi connectivity index (χ1v) is 8.35. The standard InChI is InChI=1S/C18H30N2O/c1-4-5-8-20-9-6-17(7-10-20)19-13-16-11-14(2)18(21)15(3)12-16/h11-12,17,19,21H,4-10,13H2,1-3H3. The predicted molar refractivity (Wildman–Crippen MR) is 88.8 cm³/mol. The van der Waals surface area contributed by atoms with E-state index in [0.29, 0.717) is 11.8 Å². The van der Waals surface area contributed by atoms with Gasteiger partial charge in [-0.2, -0.15) is 0 Å². The van der Waals surface area contributed by atoms with Gasteiger partial charge in [0.25, 0.3) is 0 Å². The summed E-state index contributed by atoms with van der Waals surface area (Å²) in [5, 5.41) is 13.5. The highest BCUT2D eigenvalue weighted by molar-refractivity contribution is 5.42. The quantitative estimate of drug-likeness (QED) is 0.843. The van der Waals surface area contributed by atoms with Crippen LogP contribution >= 0.6 is 0 Å². The Hall–Kier alpha value is -1.06. The van der Waals surface area contributed by atoms with Crippen LogP contribution in [0, 0.1) is 13.8 Å². The molecule has 1 aromatic carbocycles. The van der Waals surface area contributed by atoms with Crippen molar-refractivity contribution in [2.45, 2.75) is 59.0 Å². The van der Waals surface area contributed by atoms with Gasteiger partial charge in [-0.15, -0.1) is 0 Å². The normalized spacial score (nSPS) is 17.3. The number of unbranched alkanes of at least 4 members (excludes halogenated alkanes) is 1. The van der Waals surface area contributed by atoms with Gasteiger partial charge in [0, 0.05) is 12.6 Å². The lowest BCUT2D eigenvalue weighted by atomic mass is 10.0. The maximum atomic E-state index is 9.82. The Morgan fingerprint density at radius 1 is 1.19 bits per heavy atom. The van der Waals surface area contributed by atoms with E-state index >= 15 is 0 Å². The summed E-state index contributed by atoms with van der Waals surface area (Å²) >= 11 is 0. The lowest BCUT2D eigenvalue weighted by molar-refractivity contribution is 0.195. The van der Waals surface area contributed by atoms with Crippen molar-refractivity contribution in [1.82, 2.24) is 10.2 Å². The number of piperidine rings is 1.